The van der Waals surface area contributed by atoms with E-state index in [9.17, 15) is 20.1 Å². The molecular formula is C62H112O7. The van der Waals surface area contributed by atoms with Crippen LogP contribution in [0, 0.1) is 52.3 Å². The molecule has 1 aliphatic heterocycles. The van der Waals surface area contributed by atoms with Gasteiger partial charge in [0.1, 0.15) is 31.0 Å². The number of esters is 1. The summed E-state index contributed by atoms with van der Waals surface area (Å²) in [7, 11) is 0. The van der Waals surface area contributed by atoms with Crippen LogP contribution in [0.5, 0.6) is 0 Å². The maximum atomic E-state index is 12.7. The molecule has 1 heterocycles. The van der Waals surface area contributed by atoms with Gasteiger partial charge < -0.3 is 29.5 Å². The van der Waals surface area contributed by atoms with Crippen LogP contribution in [0.25, 0.3) is 0 Å². The molecule has 3 saturated carbocycles. The molecule has 0 radical (unpaired) electrons. The zero-order valence-electron chi connectivity index (χ0n) is 46.2. The first-order valence-corrected chi connectivity index (χ1v) is 30.5. The normalized spacial score (nSPS) is 33.1. The number of unbranched alkanes of at least 4 members (excludes halogenated alkanes) is 23. The molecule has 1 saturated heterocycles. The lowest BCUT2D eigenvalue weighted by atomic mass is 9.47. The summed E-state index contributed by atoms with van der Waals surface area (Å²) in [5, 5.41) is 32.7. The summed E-state index contributed by atoms with van der Waals surface area (Å²) in [5.74, 6) is 5.23. The fourth-order valence-electron chi connectivity index (χ4n) is 15.2. The number of hydrogen-bond donors (Lipinski definition) is 3. The number of ether oxygens (including phenoxy) is 3. The Morgan fingerprint density at radius 1 is 0.667 bits per heavy atom. The molecule has 69 heavy (non-hydrogen) atoms. The molecule has 0 aromatic carbocycles. The fourth-order valence-corrected chi connectivity index (χ4v) is 15.2. The first-order chi connectivity index (χ1) is 33.3. The van der Waals surface area contributed by atoms with E-state index in [0.29, 0.717) is 17.8 Å². The highest BCUT2D eigenvalue weighted by Gasteiger charge is 2.59. The Morgan fingerprint density at radius 2 is 1.22 bits per heavy atom. The molecule has 14 atom stereocenters. The molecule has 402 valence electrons. The van der Waals surface area contributed by atoms with Crippen molar-refractivity contribution in [3.63, 3.8) is 0 Å². The molecular weight excluding hydrogens is 857 g/mol. The van der Waals surface area contributed by atoms with Crippen molar-refractivity contribution >= 4 is 5.97 Å². The van der Waals surface area contributed by atoms with Gasteiger partial charge in [-0.05, 0) is 116 Å². The first-order valence-electron chi connectivity index (χ1n) is 30.5. The summed E-state index contributed by atoms with van der Waals surface area (Å²) in [4.78, 5) is 12.7. The molecule has 3 N–H and O–H groups in total. The Morgan fingerprint density at radius 3 is 1.75 bits per heavy atom. The highest BCUT2D eigenvalue weighted by atomic mass is 16.7. The Balaban J connectivity index is 0.902. The third-order valence-electron chi connectivity index (χ3n) is 19.9. The minimum Gasteiger partial charge on any atom is -0.463 e. The standard InChI is InChI=1S/C62H112O7/c1-8-10-11-12-13-14-15-16-17-18-19-20-21-22-23-24-25-26-27-28-29-30-31-32-33-56(63)67-45-55-57(64)58(65)59(66)60(69-55)68-50-40-42-61(6)49(44-50)36-37-51-53-39-38-52(62(53,7)43-41-54(51)61)47(5)34-35-48(9-2)46(3)4/h36,46-48,50-55,57-60,64-66H,8-35,37-45H2,1-7H3/t47-,48-,50+,51+,52-,53+,54+,55-,57-,58+,59-,60-,61+,62-/m1/s1. The van der Waals surface area contributed by atoms with Crippen LogP contribution in [0.2, 0.25) is 0 Å². The minimum absolute atomic E-state index is 0.141. The van der Waals surface area contributed by atoms with E-state index in [-0.39, 0.29) is 24.1 Å². The van der Waals surface area contributed by atoms with Gasteiger partial charge in [-0.25, -0.2) is 0 Å². The van der Waals surface area contributed by atoms with Crippen molar-refractivity contribution in [2.24, 2.45) is 52.3 Å². The van der Waals surface area contributed by atoms with Crippen molar-refractivity contribution in [3.8, 4) is 0 Å². The molecule has 4 aliphatic carbocycles. The topological polar surface area (TPSA) is 105 Å². The second-order valence-corrected chi connectivity index (χ2v) is 25.0. The second kappa shape index (κ2) is 31.0. The lowest BCUT2D eigenvalue weighted by Gasteiger charge is -2.58. The summed E-state index contributed by atoms with van der Waals surface area (Å²) in [6, 6.07) is 0. The molecule has 4 fully saturated rings. The van der Waals surface area contributed by atoms with E-state index in [1.165, 1.54) is 185 Å². The van der Waals surface area contributed by atoms with Crippen molar-refractivity contribution in [1.82, 2.24) is 0 Å². The van der Waals surface area contributed by atoms with E-state index in [1.54, 1.807) is 0 Å². The van der Waals surface area contributed by atoms with Crippen LogP contribution < -0.4 is 0 Å². The van der Waals surface area contributed by atoms with Gasteiger partial charge in [-0.1, -0.05) is 221 Å². The molecule has 7 nitrogen and oxygen atoms in total. The van der Waals surface area contributed by atoms with Crippen LogP contribution in [0.4, 0.5) is 0 Å². The van der Waals surface area contributed by atoms with Gasteiger partial charge in [0.2, 0.25) is 0 Å². The second-order valence-electron chi connectivity index (χ2n) is 25.0. The Kier molecular flexibility index (Phi) is 26.5. The predicted molar refractivity (Wildman–Crippen MR) is 286 cm³/mol. The molecule has 0 aromatic rings. The Labute approximate surface area is 425 Å². The maximum Gasteiger partial charge on any atom is 0.305 e. The SMILES string of the molecule is CCCCCCCCCCCCCCCCCCCCCCCCCCC(=O)OC[C@H]1O[C@@H](O[C@H]2CC[C@@]3(C)C(=CC[C@H]4[C@@H]5CC[C@H]([C@H](C)CC[C@@H](CC)C(C)C)[C@@]5(C)CC[C@@H]43)C2)[C@H](O)[C@@H](O)[C@@H]1O. The maximum absolute atomic E-state index is 12.7. The molecule has 0 aromatic heterocycles. The van der Waals surface area contributed by atoms with Crippen LogP contribution in [0.3, 0.4) is 0 Å². The zero-order chi connectivity index (χ0) is 49.7. The first kappa shape index (κ1) is 58.9. The van der Waals surface area contributed by atoms with Gasteiger partial charge in [-0.3, -0.25) is 4.79 Å². The number of rotatable bonds is 35. The molecule has 0 unspecified atom stereocenters. The lowest BCUT2D eigenvalue weighted by molar-refractivity contribution is -0.313. The van der Waals surface area contributed by atoms with Crippen LogP contribution >= 0.6 is 0 Å². The fraction of sp³-hybridized carbons (Fsp3) is 0.952. The number of allylic oxidation sites excluding steroid dienone is 1. The van der Waals surface area contributed by atoms with E-state index < -0.39 is 30.7 Å². The lowest BCUT2D eigenvalue weighted by Crippen LogP contribution is -2.60. The number of hydrogen-bond acceptors (Lipinski definition) is 7. The van der Waals surface area contributed by atoms with Gasteiger partial charge in [-0.2, -0.15) is 0 Å². The van der Waals surface area contributed by atoms with Crippen molar-refractivity contribution in [3.05, 3.63) is 11.6 Å². The highest BCUT2D eigenvalue weighted by molar-refractivity contribution is 5.69. The molecule has 5 rings (SSSR count). The zero-order valence-corrected chi connectivity index (χ0v) is 46.2. The van der Waals surface area contributed by atoms with Gasteiger partial charge in [0.25, 0.3) is 0 Å². The van der Waals surface area contributed by atoms with Crippen LogP contribution in [-0.4, -0.2) is 64.7 Å². The minimum atomic E-state index is -1.44. The number of carbonyl (C=O) groups is 1. The molecule has 0 spiro atoms. The largest absolute Gasteiger partial charge is 0.463 e. The third kappa shape index (κ3) is 17.6. The van der Waals surface area contributed by atoms with Crippen LogP contribution in [0.1, 0.15) is 280 Å². The predicted octanol–water partition coefficient (Wildman–Crippen LogP) is 16.2. The van der Waals surface area contributed by atoms with Gasteiger partial charge in [0.05, 0.1) is 6.10 Å². The number of aliphatic hydroxyl groups is 3. The molecule has 7 heteroatoms. The van der Waals surface area contributed by atoms with Crippen molar-refractivity contribution < 1.29 is 34.3 Å². The van der Waals surface area contributed by atoms with E-state index >= 15 is 0 Å². The summed E-state index contributed by atoms with van der Waals surface area (Å²) in [5.41, 5.74) is 2.13. The van der Waals surface area contributed by atoms with Crippen molar-refractivity contribution in [1.29, 1.82) is 0 Å². The van der Waals surface area contributed by atoms with Gasteiger partial charge >= 0.3 is 5.97 Å². The van der Waals surface area contributed by atoms with E-state index in [1.807, 2.05) is 0 Å². The summed E-state index contributed by atoms with van der Waals surface area (Å²) in [6.07, 6.45) is 42.2. The average Bonchev–Trinajstić information content (AvgIpc) is 3.70. The molecule has 5 aliphatic rings. The Bertz CT molecular complexity index is 1430. The van der Waals surface area contributed by atoms with Crippen molar-refractivity contribution in [2.75, 3.05) is 6.61 Å². The van der Waals surface area contributed by atoms with E-state index in [0.717, 1.165) is 80.5 Å². The molecule has 0 amide bonds. The molecule has 0 bridgehead atoms. The van der Waals surface area contributed by atoms with Crippen LogP contribution in [0.15, 0.2) is 11.6 Å². The summed E-state index contributed by atoms with van der Waals surface area (Å²) < 4.78 is 18.1. The van der Waals surface area contributed by atoms with Gasteiger partial charge in [0, 0.05) is 6.42 Å². The monoisotopic (exact) mass is 969 g/mol. The Hall–Kier alpha value is -0.990. The van der Waals surface area contributed by atoms with Crippen LogP contribution in [-0.2, 0) is 19.0 Å². The van der Waals surface area contributed by atoms with Gasteiger partial charge in [0.15, 0.2) is 6.29 Å². The quantitative estimate of drug-likeness (QED) is 0.0330. The number of fused-ring (bicyclic) bond motifs is 5. The van der Waals surface area contributed by atoms with Gasteiger partial charge in [-0.15, -0.1) is 0 Å². The summed E-state index contributed by atoms with van der Waals surface area (Å²) in [6.45, 7) is 17.1. The average molecular weight is 970 g/mol. The van der Waals surface area contributed by atoms with E-state index in [4.69, 9.17) is 14.2 Å². The van der Waals surface area contributed by atoms with Crippen molar-refractivity contribution in [2.45, 2.75) is 316 Å². The number of carbonyl (C=O) groups excluding carboxylic acids is 1. The number of aliphatic hydroxyl groups excluding tert-OH is 3. The highest BCUT2D eigenvalue weighted by Crippen LogP contribution is 2.67. The summed E-state index contributed by atoms with van der Waals surface area (Å²) >= 11 is 0. The third-order valence-corrected chi connectivity index (χ3v) is 19.9. The smallest absolute Gasteiger partial charge is 0.305 e. The van der Waals surface area contributed by atoms with E-state index in [2.05, 4.69) is 54.5 Å².